The minimum Gasteiger partial charge on any atom is -0.491 e. The van der Waals surface area contributed by atoms with Crippen LogP contribution in [0.5, 0.6) is 5.75 Å². The van der Waals surface area contributed by atoms with Gasteiger partial charge in [0.15, 0.2) is 0 Å². The molecule has 1 saturated carbocycles. The van der Waals surface area contributed by atoms with E-state index in [0.29, 0.717) is 24.8 Å². The van der Waals surface area contributed by atoms with E-state index in [-0.39, 0.29) is 11.5 Å². The number of rotatable bonds is 3. The van der Waals surface area contributed by atoms with Crippen molar-refractivity contribution in [3.63, 3.8) is 0 Å². The minimum absolute atomic E-state index is 0.0453. The first kappa shape index (κ1) is 16.6. The van der Waals surface area contributed by atoms with Crippen LogP contribution in [0.25, 0.3) is 0 Å². The van der Waals surface area contributed by atoms with E-state index < -0.39 is 5.82 Å². The number of benzene rings is 2. The summed E-state index contributed by atoms with van der Waals surface area (Å²) in [5.74, 6) is -0.0263. The lowest BCUT2D eigenvalue weighted by Crippen LogP contribution is -2.33. The molecule has 25 heavy (non-hydrogen) atoms. The first-order valence-electron chi connectivity index (χ1n) is 8.65. The average Bonchev–Trinajstić information content (AvgIpc) is 3.42. The highest BCUT2D eigenvalue weighted by Gasteiger charge is 2.32. The molecule has 0 N–H and O–H groups in total. The predicted molar refractivity (Wildman–Crippen MR) is 99.1 cm³/mol. The molecule has 1 aliphatic carbocycles. The summed E-state index contributed by atoms with van der Waals surface area (Å²) in [7, 11) is 0. The lowest BCUT2D eigenvalue weighted by molar-refractivity contribution is 0.0986. The van der Waals surface area contributed by atoms with Crippen LogP contribution in [-0.4, -0.2) is 19.1 Å². The first-order valence-corrected chi connectivity index (χ1v) is 9.45. The molecule has 130 valence electrons. The number of carbonyl (C=O) groups excluding carboxylic acids is 1. The van der Waals surface area contributed by atoms with Gasteiger partial charge in [0, 0.05) is 10.2 Å². The highest BCUT2D eigenvalue weighted by atomic mass is 79.9. The third kappa shape index (κ3) is 2.95. The molecule has 0 unspecified atom stereocenters. The van der Waals surface area contributed by atoms with Crippen molar-refractivity contribution in [2.24, 2.45) is 0 Å². The first-order chi connectivity index (χ1) is 12.1. The van der Waals surface area contributed by atoms with Crippen LogP contribution < -0.4 is 9.64 Å². The van der Waals surface area contributed by atoms with Crippen LogP contribution in [0.15, 0.2) is 34.8 Å². The molecule has 0 atom stereocenters. The van der Waals surface area contributed by atoms with Crippen molar-refractivity contribution in [3.8, 4) is 5.75 Å². The van der Waals surface area contributed by atoms with Gasteiger partial charge in [-0.1, -0.05) is 28.9 Å². The molecule has 5 heteroatoms. The van der Waals surface area contributed by atoms with E-state index in [1.165, 1.54) is 6.07 Å². The van der Waals surface area contributed by atoms with Gasteiger partial charge in [0.1, 0.15) is 23.7 Å². The molecule has 1 amide bonds. The second kappa shape index (κ2) is 6.45. The van der Waals surface area contributed by atoms with Crippen LogP contribution in [0.2, 0.25) is 0 Å². The number of anilines is 1. The number of nitrogens with zero attached hydrogens (tertiary/aromatic N) is 1. The van der Waals surface area contributed by atoms with E-state index in [1.807, 2.05) is 31.2 Å². The number of hydrogen-bond acceptors (Lipinski definition) is 2. The molecule has 1 fully saturated rings. The zero-order valence-electron chi connectivity index (χ0n) is 14.0. The monoisotopic (exact) mass is 403 g/mol. The zero-order valence-corrected chi connectivity index (χ0v) is 15.6. The second-order valence-corrected chi connectivity index (χ2v) is 7.40. The Morgan fingerprint density at radius 1 is 1.32 bits per heavy atom. The van der Waals surface area contributed by atoms with E-state index in [0.717, 1.165) is 40.5 Å². The van der Waals surface area contributed by atoms with Gasteiger partial charge in [0.25, 0.3) is 5.91 Å². The van der Waals surface area contributed by atoms with Crippen molar-refractivity contribution in [1.29, 1.82) is 0 Å². The van der Waals surface area contributed by atoms with E-state index in [4.69, 9.17) is 4.74 Å². The van der Waals surface area contributed by atoms with Gasteiger partial charge >= 0.3 is 0 Å². The topological polar surface area (TPSA) is 29.5 Å². The largest absolute Gasteiger partial charge is 0.491 e. The third-order valence-corrected chi connectivity index (χ3v) is 5.64. The highest BCUT2D eigenvalue weighted by Crippen LogP contribution is 2.43. The normalized spacial score (nSPS) is 17.1. The fourth-order valence-corrected chi connectivity index (χ4v) is 4.07. The Bertz CT molecular complexity index is 848. The molecule has 2 aliphatic rings. The standard InChI is InChI=1S/C20H19BrFNO2/c1-2-14-15(21)4-3-5-17(14)23-8-9-25-18-11-13(12-6-7-12)10-16(22)19(18)20(23)24/h3-5,10-12H,2,6-9H2,1H3. The van der Waals surface area contributed by atoms with Crippen LogP contribution in [-0.2, 0) is 6.42 Å². The smallest absolute Gasteiger partial charge is 0.265 e. The Hall–Kier alpha value is -1.88. The van der Waals surface area contributed by atoms with Crippen LogP contribution in [0.3, 0.4) is 0 Å². The number of fused-ring (bicyclic) bond motifs is 1. The number of carbonyl (C=O) groups is 1. The van der Waals surface area contributed by atoms with Gasteiger partial charge in [0.2, 0.25) is 0 Å². The van der Waals surface area contributed by atoms with Gasteiger partial charge in [-0.15, -0.1) is 0 Å². The van der Waals surface area contributed by atoms with Crippen LogP contribution >= 0.6 is 15.9 Å². The summed E-state index contributed by atoms with van der Waals surface area (Å²) in [6.07, 6.45) is 2.93. The molecule has 2 aromatic rings. The van der Waals surface area contributed by atoms with Crippen molar-refractivity contribution < 1.29 is 13.9 Å². The molecule has 1 heterocycles. The summed E-state index contributed by atoms with van der Waals surface area (Å²) in [5, 5.41) is 0. The van der Waals surface area contributed by atoms with Crippen molar-refractivity contribution in [1.82, 2.24) is 0 Å². The summed E-state index contributed by atoms with van der Waals surface area (Å²) in [4.78, 5) is 14.8. The zero-order chi connectivity index (χ0) is 17.6. The molecule has 3 nitrogen and oxygen atoms in total. The van der Waals surface area contributed by atoms with E-state index >= 15 is 0 Å². The highest BCUT2D eigenvalue weighted by molar-refractivity contribution is 9.10. The van der Waals surface area contributed by atoms with Gasteiger partial charge < -0.3 is 9.64 Å². The van der Waals surface area contributed by atoms with Crippen LogP contribution in [0.4, 0.5) is 10.1 Å². The number of halogens is 2. The fraction of sp³-hybridized carbons (Fsp3) is 0.350. The summed E-state index contributed by atoms with van der Waals surface area (Å²) >= 11 is 3.55. The van der Waals surface area contributed by atoms with Crippen molar-refractivity contribution >= 4 is 27.5 Å². The fourth-order valence-electron chi connectivity index (χ4n) is 3.44. The number of hydrogen-bond donors (Lipinski definition) is 0. The Labute approximate surface area is 154 Å². The summed E-state index contributed by atoms with van der Waals surface area (Å²) in [6, 6.07) is 9.10. The predicted octanol–water partition coefficient (Wildman–Crippen LogP) is 5.07. The molecule has 0 aromatic heterocycles. The molecule has 2 aromatic carbocycles. The lowest BCUT2D eigenvalue weighted by Gasteiger charge is -2.23. The Kier molecular flexibility index (Phi) is 4.28. The molecular formula is C20H19BrFNO2. The second-order valence-electron chi connectivity index (χ2n) is 6.55. The molecule has 1 aliphatic heterocycles. The van der Waals surface area contributed by atoms with E-state index in [9.17, 15) is 9.18 Å². The molecular weight excluding hydrogens is 385 g/mol. The Balaban J connectivity index is 1.79. The Morgan fingerprint density at radius 2 is 2.12 bits per heavy atom. The van der Waals surface area contributed by atoms with Gasteiger partial charge in [-0.2, -0.15) is 0 Å². The van der Waals surface area contributed by atoms with E-state index in [1.54, 1.807) is 4.90 Å². The Morgan fingerprint density at radius 3 is 2.84 bits per heavy atom. The summed E-state index contributed by atoms with van der Waals surface area (Å²) in [5.41, 5.74) is 2.83. The molecule has 0 radical (unpaired) electrons. The van der Waals surface area contributed by atoms with Gasteiger partial charge in [-0.25, -0.2) is 4.39 Å². The third-order valence-electron chi connectivity index (χ3n) is 4.90. The minimum atomic E-state index is -0.482. The number of ether oxygens (including phenoxy) is 1. The van der Waals surface area contributed by atoms with Crippen molar-refractivity contribution in [3.05, 3.63) is 57.3 Å². The number of amides is 1. The lowest BCUT2D eigenvalue weighted by atomic mass is 10.0. The van der Waals surface area contributed by atoms with Crippen LogP contribution in [0, 0.1) is 5.82 Å². The molecule has 0 spiro atoms. The average molecular weight is 404 g/mol. The van der Waals surface area contributed by atoms with Gasteiger partial charge in [-0.3, -0.25) is 4.79 Å². The maximum absolute atomic E-state index is 14.8. The van der Waals surface area contributed by atoms with Crippen molar-refractivity contribution in [2.75, 3.05) is 18.1 Å². The summed E-state index contributed by atoms with van der Waals surface area (Å²) < 4.78 is 21.5. The maximum Gasteiger partial charge on any atom is 0.265 e. The summed E-state index contributed by atoms with van der Waals surface area (Å²) in [6.45, 7) is 2.79. The van der Waals surface area contributed by atoms with E-state index in [2.05, 4.69) is 15.9 Å². The maximum atomic E-state index is 14.8. The van der Waals surface area contributed by atoms with Crippen molar-refractivity contribution in [2.45, 2.75) is 32.1 Å². The quantitative estimate of drug-likeness (QED) is 0.715. The molecule has 0 bridgehead atoms. The van der Waals surface area contributed by atoms with Gasteiger partial charge in [0.05, 0.1) is 6.54 Å². The SMILES string of the molecule is CCc1c(Br)cccc1N1CCOc2cc(C3CC3)cc(F)c2C1=O. The van der Waals surface area contributed by atoms with Crippen LogP contribution in [0.1, 0.15) is 47.2 Å². The molecule has 4 rings (SSSR count). The molecule has 0 saturated heterocycles. The van der Waals surface area contributed by atoms with Gasteiger partial charge in [-0.05, 0) is 60.6 Å².